The first-order valence-corrected chi connectivity index (χ1v) is 15.4. The standard InChI is InChI=1S/C27H29N3O9S2/c1-13-6-7-16(14(2)10-13)39-26(35)38-9-8-27(4)19(17-11-29-12-28-22(24(29)40-17)41(5,36)37)20(25(33)34)30-21(27)18(15(3)31)23(30)32/h6-7,10-12,15,18,21,31H,8-9H2,1-5H3,(H,33,34)/t15?,18-,21-,27+/m1/s1. The normalized spacial score (nSPS) is 23.0. The predicted octanol–water partition coefficient (Wildman–Crippen LogP) is 3.05. The van der Waals surface area contributed by atoms with Crippen LogP contribution in [0.3, 0.4) is 0 Å². The monoisotopic (exact) mass is 603 g/mol. The number of thiazole rings is 1. The summed E-state index contributed by atoms with van der Waals surface area (Å²) < 4.78 is 36.8. The van der Waals surface area contributed by atoms with Crippen LogP contribution >= 0.6 is 11.3 Å². The highest BCUT2D eigenvalue weighted by molar-refractivity contribution is 7.91. The van der Waals surface area contributed by atoms with Crippen molar-refractivity contribution in [2.75, 3.05) is 12.9 Å². The van der Waals surface area contributed by atoms with Crippen molar-refractivity contribution in [3.63, 3.8) is 0 Å². The number of hydrogen-bond donors (Lipinski definition) is 2. The maximum absolute atomic E-state index is 13.1. The molecule has 4 heterocycles. The highest BCUT2D eigenvalue weighted by atomic mass is 32.2. The molecule has 1 aromatic carbocycles. The number of β-lactam (4-membered cyclic amide) rings is 1. The van der Waals surface area contributed by atoms with Gasteiger partial charge in [0.1, 0.15) is 22.6 Å². The molecule has 2 N–H and O–H groups in total. The highest BCUT2D eigenvalue weighted by Gasteiger charge is 2.66. The highest BCUT2D eigenvalue weighted by Crippen LogP contribution is 2.60. The number of sulfone groups is 1. The Morgan fingerprint density at radius 1 is 1.27 bits per heavy atom. The number of fused-ring (bicyclic) bond motifs is 2. The fraction of sp³-hybridized carbons (Fsp3) is 0.407. The van der Waals surface area contributed by atoms with Crippen LogP contribution in [-0.2, 0) is 24.2 Å². The van der Waals surface area contributed by atoms with Gasteiger partial charge >= 0.3 is 12.1 Å². The van der Waals surface area contributed by atoms with Gasteiger partial charge in [0.2, 0.25) is 5.91 Å². The smallest absolute Gasteiger partial charge is 0.477 e. The Morgan fingerprint density at radius 2 is 1.98 bits per heavy atom. The summed E-state index contributed by atoms with van der Waals surface area (Å²) in [5.41, 5.74) is 0.691. The Bertz CT molecular complexity index is 1740. The molecular weight excluding hydrogens is 574 g/mol. The fourth-order valence-electron chi connectivity index (χ4n) is 5.86. The number of amides is 1. The molecule has 41 heavy (non-hydrogen) atoms. The number of aromatic nitrogens is 2. The molecular formula is C27H29N3O9S2. The number of aliphatic hydroxyl groups excluding tert-OH is 1. The van der Waals surface area contributed by atoms with Gasteiger partial charge in [0.15, 0.2) is 14.9 Å². The van der Waals surface area contributed by atoms with Crippen LogP contribution in [0.4, 0.5) is 4.79 Å². The number of hydrogen-bond acceptors (Lipinski definition) is 10. The molecule has 1 unspecified atom stereocenters. The number of carbonyl (C=O) groups is 3. The Labute approximate surface area is 239 Å². The molecule has 5 rings (SSSR count). The lowest BCUT2D eigenvalue weighted by atomic mass is 9.66. The van der Waals surface area contributed by atoms with Gasteiger partial charge in [0.05, 0.1) is 29.5 Å². The van der Waals surface area contributed by atoms with Crippen LogP contribution in [-0.4, -0.2) is 76.0 Å². The number of benzene rings is 1. The molecule has 2 aromatic heterocycles. The minimum absolute atomic E-state index is 0.0860. The van der Waals surface area contributed by atoms with Crippen LogP contribution in [0.2, 0.25) is 0 Å². The van der Waals surface area contributed by atoms with Crippen molar-refractivity contribution in [1.29, 1.82) is 0 Å². The number of nitrogens with zero attached hydrogens (tertiary/aromatic N) is 3. The summed E-state index contributed by atoms with van der Waals surface area (Å²) in [5, 5.41) is 20.5. The lowest BCUT2D eigenvalue weighted by Gasteiger charge is -2.50. The average Bonchev–Trinajstić information content (AvgIpc) is 3.49. The predicted molar refractivity (Wildman–Crippen MR) is 147 cm³/mol. The summed E-state index contributed by atoms with van der Waals surface area (Å²) in [6, 6.07) is 4.59. The number of aryl methyl sites for hydroxylation is 2. The SMILES string of the molecule is Cc1ccc(OC(=O)OCC[C@@]2(C)C(c3cn4cnc(S(C)(=O)=O)c4s3)=C(C(=O)O)N3C(=O)[C@H](C(C)O)[C@@H]32)c(C)c1. The van der Waals surface area contributed by atoms with Gasteiger partial charge in [-0.1, -0.05) is 24.6 Å². The molecule has 1 saturated heterocycles. The van der Waals surface area contributed by atoms with Gasteiger partial charge in [0, 0.05) is 23.4 Å². The Morgan fingerprint density at radius 3 is 2.59 bits per heavy atom. The fourth-order valence-corrected chi connectivity index (χ4v) is 8.25. The second-order valence-corrected chi connectivity index (χ2v) is 13.7. The number of carboxylic acid groups (broad SMARTS) is 1. The van der Waals surface area contributed by atoms with Crippen molar-refractivity contribution in [2.24, 2.45) is 11.3 Å². The van der Waals surface area contributed by atoms with Gasteiger partial charge in [-0.05, 0) is 38.8 Å². The molecule has 14 heteroatoms. The van der Waals surface area contributed by atoms with Crippen LogP contribution in [0, 0.1) is 25.2 Å². The third-order valence-corrected chi connectivity index (χ3v) is 9.96. The third kappa shape index (κ3) is 4.69. The maximum atomic E-state index is 13.1. The third-order valence-electron chi connectivity index (χ3n) is 7.71. The van der Waals surface area contributed by atoms with E-state index in [4.69, 9.17) is 9.47 Å². The van der Waals surface area contributed by atoms with E-state index in [1.807, 2.05) is 13.0 Å². The molecule has 2 aliphatic rings. The molecule has 0 radical (unpaired) electrons. The van der Waals surface area contributed by atoms with Crippen LogP contribution in [0.1, 0.15) is 36.3 Å². The minimum Gasteiger partial charge on any atom is -0.477 e. The van der Waals surface area contributed by atoms with Crippen LogP contribution in [0.25, 0.3) is 10.4 Å². The van der Waals surface area contributed by atoms with Gasteiger partial charge in [0.25, 0.3) is 0 Å². The number of aliphatic carboxylic acids is 1. The summed E-state index contributed by atoms with van der Waals surface area (Å²) in [4.78, 5) is 44.0. The number of carbonyl (C=O) groups excluding carboxylic acids is 2. The largest absolute Gasteiger partial charge is 0.513 e. The van der Waals surface area contributed by atoms with E-state index in [1.165, 1.54) is 22.6 Å². The number of ether oxygens (including phenoxy) is 2. The molecule has 0 bridgehead atoms. The second-order valence-electron chi connectivity index (χ2n) is 10.7. The first-order valence-electron chi connectivity index (χ1n) is 12.7. The molecule has 12 nitrogen and oxygen atoms in total. The number of aliphatic hydroxyl groups is 1. The van der Waals surface area contributed by atoms with Gasteiger partial charge in [-0.3, -0.25) is 9.20 Å². The molecule has 3 aromatic rings. The van der Waals surface area contributed by atoms with E-state index in [-0.39, 0.29) is 29.3 Å². The van der Waals surface area contributed by atoms with Crippen molar-refractivity contribution in [3.05, 3.63) is 52.4 Å². The first-order chi connectivity index (χ1) is 19.1. The zero-order valence-electron chi connectivity index (χ0n) is 22.9. The maximum Gasteiger partial charge on any atom is 0.513 e. The van der Waals surface area contributed by atoms with E-state index in [0.29, 0.717) is 15.5 Å². The van der Waals surface area contributed by atoms with Crippen molar-refractivity contribution in [3.8, 4) is 5.75 Å². The Balaban J connectivity index is 1.51. The van der Waals surface area contributed by atoms with Crippen LogP contribution in [0.15, 0.2) is 41.4 Å². The van der Waals surface area contributed by atoms with Crippen molar-refractivity contribution < 1.29 is 42.5 Å². The lowest BCUT2D eigenvalue weighted by molar-refractivity contribution is -0.167. The van der Waals surface area contributed by atoms with Crippen molar-refractivity contribution in [2.45, 2.75) is 51.3 Å². The summed E-state index contributed by atoms with van der Waals surface area (Å²) in [5.74, 6) is -2.41. The molecule has 0 saturated carbocycles. The van der Waals surface area contributed by atoms with Crippen LogP contribution < -0.4 is 4.74 Å². The molecule has 1 fully saturated rings. The molecule has 4 atom stereocenters. The molecule has 0 spiro atoms. The van der Waals surface area contributed by atoms with Gasteiger partial charge in [-0.2, -0.15) is 0 Å². The number of carboxylic acids is 1. The van der Waals surface area contributed by atoms with E-state index in [2.05, 4.69) is 4.98 Å². The average molecular weight is 604 g/mol. The van der Waals surface area contributed by atoms with E-state index < -0.39 is 51.3 Å². The molecule has 2 aliphatic heterocycles. The van der Waals surface area contributed by atoms with E-state index >= 15 is 0 Å². The summed E-state index contributed by atoms with van der Waals surface area (Å²) in [7, 11) is -3.67. The van der Waals surface area contributed by atoms with E-state index in [0.717, 1.165) is 28.7 Å². The van der Waals surface area contributed by atoms with E-state index in [1.54, 1.807) is 32.2 Å². The molecule has 218 valence electrons. The Hall–Kier alpha value is -3.75. The van der Waals surface area contributed by atoms with Gasteiger partial charge in [-0.15, -0.1) is 11.3 Å². The second kappa shape index (κ2) is 9.96. The van der Waals surface area contributed by atoms with Gasteiger partial charge < -0.3 is 24.6 Å². The number of imidazole rings is 1. The first kappa shape index (κ1) is 28.8. The number of rotatable bonds is 8. The quantitative estimate of drug-likeness (QED) is 0.222. The summed E-state index contributed by atoms with van der Waals surface area (Å²) in [6.45, 7) is 6.75. The van der Waals surface area contributed by atoms with Gasteiger partial charge in [-0.25, -0.2) is 23.0 Å². The lowest BCUT2D eigenvalue weighted by Crippen LogP contribution is -2.66. The Kier molecular flexibility index (Phi) is 6.99. The minimum atomic E-state index is -3.67. The summed E-state index contributed by atoms with van der Waals surface area (Å²) >= 11 is 1.03. The zero-order chi connectivity index (χ0) is 30.0. The topological polar surface area (TPSA) is 165 Å². The van der Waals surface area contributed by atoms with E-state index in [9.17, 15) is 33.0 Å². The zero-order valence-corrected chi connectivity index (χ0v) is 24.6. The van der Waals surface area contributed by atoms with Crippen LogP contribution in [0.5, 0.6) is 5.75 Å². The summed E-state index contributed by atoms with van der Waals surface area (Å²) in [6.07, 6.45) is 2.01. The van der Waals surface area contributed by atoms with Crippen molar-refractivity contribution in [1.82, 2.24) is 14.3 Å². The molecule has 1 amide bonds. The van der Waals surface area contributed by atoms with Crippen molar-refractivity contribution >= 4 is 49.6 Å². The molecule has 0 aliphatic carbocycles.